The molecule has 0 bridgehead atoms. The van der Waals surface area contributed by atoms with Crippen LogP contribution in [0.2, 0.25) is 0 Å². The van der Waals surface area contributed by atoms with E-state index in [1.165, 1.54) is 19.8 Å². The Kier molecular flexibility index (Phi) is 17.1. The normalized spacial score (nSPS) is 10.5. The van der Waals surface area contributed by atoms with Crippen molar-refractivity contribution < 1.29 is 69.6 Å². The number of aryl methyl sites for hydroxylation is 1. The molecule has 39 heavy (non-hydrogen) atoms. The molecule has 4 aromatic carbocycles. The molecule has 0 N–H and O–H groups in total. The number of aliphatic carboxylic acids is 1. The number of hydrogen-bond donors (Lipinski definition) is 0. The molecule has 0 aromatic heterocycles. The number of carboxylic acids is 1. The highest BCUT2D eigenvalue weighted by atomic mass is 127. The van der Waals surface area contributed by atoms with E-state index in [9.17, 15) is 27.2 Å². The van der Waals surface area contributed by atoms with E-state index in [1.54, 1.807) is 0 Å². The van der Waals surface area contributed by atoms with Gasteiger partial charge < -0.3 is 27.2 Å². The first-order chi connectivity index (χ1) is 18.2. The van der Waals surface area contributed by atoms with Crippen LogP contribution in [0.3, 0.4) is 0 Å². The van der Waals surface area contributed by atoms with E-state index in [-0.39, 0.29) is 42.4 Å². The molecule has 0 radical (unpaired) electrons. The van der Waals surface area contributed by atoms with E-state index in [1.807, 2.05) is 0 Å². The van der Waals surface area contributed by atoms with Crippen LogP contribution in [0.4, 0.5) is 17.3 Å². The molecule has 2 nitrogen and oxygen atoms in total. The van der Waals surface area contributed by atoms with Gasteiger partial charge in [-0.1, -0.05) is 107 Å². The number of hydrogen-bond acceptors (Lipinski definition) is 2. The number of carbonyl (C=O) groups excluding carboxylic acids is 1. The fourth-order valence-corrected chi connectivity index (χ4v) is 6.76. The summed E-state index contributed by atoms with van der Waals surface area (Å²) in [5, 5.41) is 9.51. The molecule has 0 aliphatic heterocycles. The fourth-order valence-electron chi connectivity index (χ4n) is 2.28. The second kappa shape index (κ2) is 18.7. The van der Waals surface area contributed by atoms with Crippen LogP contribution in [0.15, 0.2) is 115 Å². The standard InChI is InChI=1S/C13H12I.C12H10I.C2HCl3O2.BF4/c1-11-7-9-13(10-8-11)14-12-5-3-2-4-6-12;1-3-7-11(8-4-1)13-12-9-5-2-6-10-12;3-2(4,5)1(6)7;2-1(3,4)5/h2-10H,1H3;1-10H;(H,6,7);/q2*+1;;-1/p-1. The Balaban J connectivity index is 0.000000282. The fraction of sp³-hybridized carbons (Fsp3) is 0.0741. The summed E-state index contributed by atoms with van der Waals surface area (Å²) in [6.45, 7) is 2.13. The second-order valence-corrected chi connectivity index (χ2v) is 15.5. The zero-order chi connectivity index (χ0) is 29.3. The molecule has 0 fully saturated rings. The van der Waals surface area contributed by atoms with Crippen molar-refractivity contribution in [3.8, 4) is 0 Å². The van der Waals surface area contributed by atoms with Crippen LogP contribution in [0.5, 0.6) is 0 Å². The third-order valence-electron chi connectivity index (χ3n) is 3.88. The van der Waals surface area contributed by atoms with E-state index in [0.717, 1.165) is 0 Å². The van der Waals surface area contributed by atoms with E-state index >= 15 is 0 Å². The Hall–Kier alpha value is -1.54. The predicted octanol–water partition coefficient (Wildman–Crippen LogP) is 1.34. The summed E-state index contributed by atoms with van der Waals surface area (Å²) in [4.78, 5) is 9.51. The average molecular weight is 825 g/mol. The smallest absolute Gasteiger partial charge is 0.545 e. The molecule has 0 atom stereocenters. The van der Waals surface area contributed by atoms with Gasteiger partial charge in [0, 0.05) is 0 Å². The van der Waals surface area contributed by atoms with Crippen molar-refractivity contribution in [3.05, 3.63) is 135 Å². The Labute approximate surface area is 261 Å². The van der Waals surface area contributed by atoms with Crippen molar-refractivity contribution in [1.29, 1.82) is 0 Å². The van der Waals surface area contributed by atoms with E-state index in [0.29, 0.717) is 0 Å². The molecule has 0 saturated carbocycles. The first kappa shape index (κ1) is 35.5. The minimum absolute atomic E-state index is 0.0159. The lowest BCUT2D eigenvalue weighted by molar-refractivity contribution is -0.597. The van der Waals surface area contributed by atoms with Gasteiger partial charge in [0.2, 0.25) is 3.79 Å². The summed E-state index contributed by atoms with van der Waals surface area (Å²) >= 11 is 14.3. The van der Waals surface area contributed by atoms with Crippen molar-refractivity contribution in [3.63, 3.8) is 0 Å². The number of carbonyl (C=O) groups is 1. The van der Waals surface area contributed by atoms with Crippen LogP contribution in [0.1, 0.15) is 5.56 Å². The largest absolute Gasteiger partial charge is 0.673 e. The van der Waals surface area contributed by atoms with Gasteiger partial charge in [-0.25, -0.2) is 0 Å². The monoisotopic (exact) mass is 824 g/mol. The molecule has 0 saturated heterocycles. The molecule has 0 heterocycles. The predicted molar refractivity (Wildman–Crippen MR) is 141 cm³/mol. The van der Waals surface area contributed by atoms with Crippen molar-refractivity contribution >= 4 is 48.0 Å². The Morgan fingerprint density at radius 3 is 1.08 bits per heavy atom. The number of benzene rings is 4. The zero-order valence-corrected chi connectivity index (χ0v) is 26.8. The zero-order valence-electron chi connectivity index (χ0n) is 20.3. The lowest BCUT2D eigenvalue weighted by Gasteiger charge is -2.09. The van der Waals surface area contributed by atoms with Crippen LogP contribution >= 0.6 is 34.8 Å². The van der Waals surface area contributed by atoms with Crippen molar-refractivity contribution in [2.45, 2.75) is 10.7 Å². The minimum Gasteiger partial charge on any atom is -0.545 e. The lowest BCUT2D eigenvalue weighted by atomic mass is 10.2. The molecule has 4 aromatic rings. The Morgan fingerprint density at radius 2 is 0.846 bits per heavy atom. The highest BCUT2D eigenvalue weighted by molar-refractivity contribution is 6.75. The van der Waals surface area contributed by atoms with Gasteiger partial charge in [-0.05, 0) is 55.5 Å². The average Bonchev–Trinajstić information content (AvgIpc) is 2.87. The first-order valence-corrected chi connectivity index (χ1v) is 16.4. The topological polar surface area (TPSA) is 40.1 Å². The van der Waals surface area contributed by atoms with Gasteiger partial charge in [-0.2, -0.15) is 0 Å². The maximum Gasteiger partial charge on any atom is 0.673 e. The molecular formula is C27H22BCl3F4I2O2. The van der Waals surface area contributed by atoms with Crippen LogP contribution in [0, 0.1) is 21.2 Å². The van der Waals surface area contributed by atoms with Crippen LogP contribution in [-0.2, 0) is 4.79 Å². The summed E-state index contributed by atoms with van der Waals surface area (Å²) in [6, 6.07) is 41.0. The quantitative estimate of drug-likeness (QED) is 0.135. The van der Waals surface area contributed by atoms with Crippen molar-refractivity contribution in [1.82, 2.24) is 0 Å². The SMILES string of the molecule is Cc1ccc([I+]c2ccccc2)cc1.F[B-](F)(F)F.O=C([O-])C(Cl)(Cl)Cl.c1ccc([I+]c2ccccc2)cc1. The molecule has 0 spiro atoms. The van der Waals surface area contributed by atoms with Gasteiger partial charge >= 0.3 is 49.7 Å². The molecular weight excluding hydrogens is 803 g/mol. The van der Waals surface area contributed by atoms with Gasteiger partial charge in [0.1, 0.15) is 0 Å². The molecule has 208 valence electrons. The number of halogens is 9. The number of carboxylic acid groups (broad SMARTS) is 1. The Morgan fingerprint density at radius 1 is 0.615 bits per heavy atom. The molecule has 0 unspecified atom stereocenters. The summed E-state index contributed by atoms with van der Waals surface area (Å²) in [6.07, 6.45) is 0. The maximum absolute atomic E-state index is 9.75. The van der Waals surface area contributed by atoms with Crippen LogP contribution < -0.4 is 47.5 Å². The third kappa shape index (κ3) is 20.1. The van der Waals surface area contributed by atoms with Gasteiger partial charge in [0.25, 0.3) is 0 Å². The van der Waals surface area contributed by atoms with Gasteiger partial charge in [-0.15, -0.1) is 0 Å². The highest BCUT2D eigenvalue weighted by Gasteiger charge is 2.21. The van der Waals surface area contributed by atoms with Crippen LogP contribution in [0.25, 0.3) is 0 Å². The summed E-state index contributed by atoms with van der Waals surface area (Å²) in [5.74, 6) is -1.71. The van der Waals surface area contributed by atoms with Crippen LogP contribution in [-0.4, -0.2) is 17.0 Å². The molecule has 0 aliphatic carbocycles. The second-order valence-electron chi connectivity index (χ2n) is 7.15. The van der Waals surface area contributed by atoms with Gasteiger partial charge in [0.05, 0.1) is 5.97 Å². The van der Waals surface area contributed by atoms with Crippen molar-refractivity contribution in [2.75, 3.05) is 0 Å². The molecule has 12 heteroatoms. The minimum atomic E-state index is -6.00. The summed E-state index contributed by atoms with van der Waals surface area (Å²) in [7, 11) is -6.00. The Bertz CT molecular complexity index is 1170. The van der Waals surface area contributed by atoms with Gasteiger partial charge in [-0.3, -0.25) is 0 Å². The third-order valence-corrected chi connectivity index (χ3v) is 9.71. The summed E-state index contributed by atoms with van der Waals surface area (Å²) < 4.78 is 42.6. The lowest BCUT2D eigenvalue weighted by Crippen LogP contribution is -3.61. The van der Waals surface area contributed by atoms with E-state index in [4.69, 9.17) is 34.8 Å². The highest BCUT2D eigenvalue weighted by Crippen LogP contribution is 2.24. The first-order valence-electron chi connectivity index (χ1n) is 10.9. The number of alkyl halides is 3. The van der Waals surface area contributed by atoms with Crippen molar-refractivity contribution in [2.24, 2.45) is 0 Å². The molecule has 0 aliphatic rings. The molecule has 0 amide bonds. The maximum atomic E-state index is 9.75. The number of rotatable bonds is 4. The molecule has 4 rings (SSSR count). The van der Waals surface area contributed by atoms with Gasteiger partial charge in [0.15, 0.2) is 14.3 Å². The van der Waals surface area contributed by atoms with E-state index < -0.39 is 17.0 Å². The summed E-state index contributed by atoms with van der Waals surface area (Å²) in [5.41, 5.74) is 1.34. The van der Waals surface area contributed by atoms with E-state index in [2.05, 4.69) is 122 Å².